The van der Waals surface area contributed by atoms with Gasteiger partial charge in [-0.3, -0.25) is 19.9 Å². The minimum absolute atomic E-state index is 0.00913. The number of likely N-dealkylation sites (tertiary alicyclic amines) is 1. The molecular formula is C23H23FN4O6. The largest absolute Gasteiger partial charge is 0.425 e. The lowest BCUT2D eigenvalue weighted by molar-refractivity contribution is -0.132. The molecule has 178 valence electrons. The molecule has 10 nitrogen and oxygen atoms in total. The number of β-amino-alcohol motifs (C(OH)–C–C–N with tert-alkyl or cyclic N) is 1. The Morgan fingerprint density at radius 3 is 2.91 bits per heavy atom. The van der Waals surface area contributed by atoms with Crippen LogP contribution in [0.25, 0.3) is 6.08 Å². The number of hydrogen-bond acceptors (Lipinski definition) is 7. The molecule has 1 aromatic heterocycles. The minimum Gasteiger partial charge on any atom is -0.425 e. The molecule has 0 saturated carbocycles. The van der Waals surface area contributed by atoms with E-state index in [4.69, 9.17) is 9.47 Å². The predicted octanol–water partition coefficient (Wildman–Crippen LogP) is 1.77. The zero-order valence-electron chi connectivity index (χ0n) is 18.1. The summed E-state index contributed by atoms with van der Waals surface area (Å²) in [5, 5.41) is 12.3. The first-order valence-corrected chi connectivity index (χ1v) is 10.6. The number of nitrogens with zero attached hydrogens (tertiary/aromatic N) is 3. The molecule has 34 heavy (non-hydrogen) atoms. The predicted molar refractivity (Wildman–Crippen MR) is 119 cm³/mol. The third-order valence-corrected chi connectivity index (χ3v) is 5.34. The van der Waals surface area contributed by atoms with E-state index < -0.39 is 30.1 Å². The van der Waals surface area contributed by atoms with Crippen LogP contribution in [0.15, 0.2) is 48.8 Å². The van der Waals surface area contributed by atoms with Gasteiger partial charge in [-0.2, -0.15) is 0 Å². The number of nitrogens with one attached hydrogen (secondary N) is 1. The zero-order chi connectivity index (χ0) is 24.1. The van der Waals surface area contributed by atoms with Crippen molar-refractivity contribution < 1.29 is 33.4 Å². The van der Waals surface area contributed by atoms with E-state index in [2.05, 4.69) is 10.3 Å². The average Bonchev–Trinajstić information content (AvgIpc) is 3.19. The van der Waals surface area contributed by atoms with Gasteiger partial charge in [-0.15, -0.1) is 0 Å². The van der Waals surface area contributed by atoms with Gasteiger partial charge >= 0.3 is 6.09 Å². The Kier molecular flexibility index (Phi) is 7.14. The first-order chi connectivity index (χ1) is 16.4. The zero-order valence-corrected chi connectivity index (χ0v) is 18.1. The average molecular weight is 470 g/mol. The number of pyridine rings is 1. The Bertz CT molecular complexity index is 1100. The van der Waals surface area contributed by atoms with Gasteiger partial charge in [-0.1, -0.05) is 6.07 Å². The van der Waals surface area contributed by atoms with Gasteiger partial charge in [0.15, 0.2) is 6.23 Å². The van der Waals surface area contributed by atoms with Crippen LogP contribution in [0.1, 0.15) is 12.0 Å². The Morgan fingerprint density at radius 1 is 1.32 bits per heavy atom. The number of benzene rings is 1. The molecule has 0 aliphatic carbocycles. The molecule has 4 rings (SSSR count). The van der Waals surface area contributed by atoms with Crippen LogP contribution in [0.3, 0.4) is 0 Å². The van der Waals surface area contributed by atoms with Crippen molar-refractivity contribution in [3.05, 3.63) is 60.2 Å². The SMILES string of the molecule is O=C(Nc1ccc(N2CCOCC2=O)cc1F)O[C@@H]1C[C@@H](O)CN1C(=O)/C=C/c1cccnc1. The van der Waals surface area contributed by atoms with E-state index >= 15 is 0 Å². The molecule has 2 aromatic rings. The van der Waals surface area contributed by atoms with Crippen molar-refractivity contribution in [3.8, 4) is 0 Å². The first-order valence-electron chi connectivity index (χ1n) is 10.6. The fourth-order valence-electron chi connectivity index (χ4n) is 3.69. The summed E-state index contributed by atoms with van der Waals surface area (Å²) < 4.78 is 24.9. The summed E-state index contributed by atoms with van der Waals surface area (Å²) in [6.45, 7) is 0.564. The normalized spacial score (nSPS) is 20.6. The Morgan fingerprint density at radius 2 is 2.18 bits per heavy atom. The van der Waals surface area contributed by atoms with Crippen LogP contribution in [0.4, 0.5) is 20.6 Å². The van der Waals surface area contributed by atoms with Gasteiger partial charge in [0.25, 0.3) is 5.91 Å². The highest BCUT2D eigenvalue weighted by atomic mass is 19.1. The van der Waals surface area contributed by atoms with Gasteiger partial charge in [0.1, 0.15) is 12.4 Å². The summed E-state index contributed by atoms with van der Waals surface area (Å²) in [5.41, 5.74) is 0.909. The van der Waals surface area contributed by atoms with E-state index in [0.29, 0.717) is 24.4 Å². The number of amides is 3. The summed E-state index contributed by atoms with van der Waals surface area (Å²) in [5.74, 6) is -1.50. The van der Waals surface area contributed by atoms with Gasteiger partial charge in [-0.25, -0.2) is 9.18 Å². The van der Waals surface area contributed by atoms with E-state index in [1.807, 2.05) is 0 Å². The summed E-state index contributed by atoms with van der Waals surface area (Å²) in [6, 6.07) is 7.45. The van der Waals surface area contributed by atoms with Crippen LogP contribution >= 0.6 is 0 Å². The van der Waals surface area contributed by atoms with Gasteiger partial charge < -0.3 is 24.4 Å². The van der Waals surface area contributed by atoms with Crippen LogP contribution in [0.5, 0.6) is 0 Å². The van der Waals surface area contributed by atoms with Crippen LogP contribution in [-0.2, 0) is 19.1 Å². The number of halogens is 1. The quantitative estimate of drug-likeness (QED) is 0.639. The Labute approximate surface area is 194 Å². The molecule has 1 aromatic carbocycles. The van der Waals surface area contributed by atoms with E-state index in [1.165, 1.54) is 28.0 Å². The molecule has 2 aliphatic rings. The molecule has 2 N–H and O–H groups in total. The minimum atomic E-state index is -1.02. The molecule has 2 aliphatic heterocycles. The van der Waals surface area contributed by atoms with Crippen molar-refractivity contribution in [2.45, 2.75) is 18.8 Å². The lowest BCUT2D eigenvalue weighted by atomic mass is 10.2. The molecule has 2 fully saturated rings. The summed E-state index contributed by atoms with van der Waals surface area (Å²) in [6.07, 6.45) is 3.21. The number of aliphatic hydroxyl groups is 1. The third kappa shape index (κ3) is 5.56. The number of hydrogen-bond donors (Lipinski definition) is 2. The summed E-state index contributed by atoms with van der Waals surface area (Å²) in [7, 11) is 0. The lowest BCUT2D eigenvalue weighted by Crippen LogP contribution is -2.41. The topological polar surface area (TPSA) is 121 Å². The second-order valence-corrected chi connectivity index (χ2v) is 7.75. The molecule has 2 saturated heterocycles. The van der Waals surface area contributed by atoms with Crippen molar-refractivity contribution in [1.82, 2.24) is 9.88 Å². The monoisotopic (exact) mass is 470 g/mol. The third-order valence-electron chi connectivity index (χ3n) is 5.34. The maximum Gasteiger partial charge on any atom is 0.413 e. The number of ether oxygens (including phenoxy) is 2. The maximum absolute atomic E-state index is 14.6. The van der Waals surface area contributed by atoms with Gasteiger partial charge in [-0.05, 0) is 35.9 Å². The molecule has 2 atom stereocenters. The van der Waals surface area contributed by atoms with E-state index in [-0.39, 0.29) is 31.2 Å². The van der Waals surface area contributed by atoms with Crippen LogP contribution < -0.4 is 10.2 Å². The Hall–Kier alpha value is -3.83. The number of aromatic nitrogens is 1. The molecule has 3 amide bonds. The number of morpholine rings is 1. The lowest BCUT2D eigenvalue weighted by Gasteiger charge is -2.27. The van der Waals surface area contributed by atoms with Gasteiger partial charge in [0.05, 0.1) is 24.9 Å². The highest BCUT2D eigenvalue weighted by molar-refractivity contribution is 5.95. The second-order valence-electron chi connectivity index (χ2n) is 7.75. The standard InChI is InChI=1S/C23H23FN4O6/c24-18-10-16(27-8-9-33-14-21(27)31)4-5-19(18)26-23(32)34-22-11-17(29)13-28(22)20(30)6-3-15-2-1-7-25-12-15/h1-7,10,12,17,22,29H,8-9,11,13-14H2,(H,26,32)/b6-3+/t17-,22-/m1/s1. The molecule has 0 bridgehead atoms. The van der Waals surface area contributed by atoms with Crippen LogP contribution in [0, 0.1) is 5.82 Å². The van der Waals surface area contributed by atoms with Gasteiger partial charge in [0.2, 0.25) is 5.91 Å². The summed E-state index contributed by atoms with van der Waals surface area (Å²) in [4.78, 5) is 43.5. The number of aliphatic hydroxyl groups excluding tert-OH is 1. The second kappa shape index (κ2) is 10.4. The fourth-order valence-corrected chi connectivity index (χ4v) is 3.69. The van der Waals surface area contributed by atoms with Crippen molar-refractivity contribution in [3.63, 3.8) is 0 Å². The van der Waals surface area contributed by atoms with Crippen molar-refractivity contribution in [2.75, 3.05) is 36.5 Å². The van der Waals surface area contributed by atoms with Gasteiger partial charge in [0, 0.05) is 37.1 Å². The van der Waals surface area contributed by atoms with Crippen molar-refractivity contribution in [2.24, 2.45) is 0 Å². The maximum atomic E-state index is 14.6. The van der Waals surface area contributed by atoms with E-state index in [1.54, 1.807) is 30.6 Å². The first kappa shape index (κ1) is 23.3. The highest BCUT2D eigenvalue weighted by Gasteiger charge is 2.36. The Balaban J connectivity index is 1.38. The van der Waals surface area contributed by atoms with Crippen molar-refractivity contribution in [1.29, 1.82) is 0 Å². The highest BCUT2D eigenvalue weighted by Crippen LogP contribution is 2.25. The van der Waals surface area contributed by atoms with Crippen LogP contribution in [-0.4, -0.2) is 71.5 Å². The summed E-state index contributed by atoms with van der Waals surface area (Å²) >= 11 is 0. The molecular weight excluding hydrogens is 447 g/mol. The van der Waals surface area contributed by atoms with Crippen LogP contribution in [0.2, 0.25) is 0 Å². The van der Waals surface area contributed by atoms with Crippen molar-refractivity contribution >= 4 is 35.4 Å². The number of carbonyl (C=O) groups is 3. The molecule has 11 heteroatoms. The number of anilines is 2. The molecule has 3 heterocycles. The smallest absolute Gasteiger partial charge is 0.413 e. The molecule has 0 spiro atoms. The number of carbonyl (C=O) groups excluding carboxylic acids is 3. The molecule has 0 unspecified atom stereocenters. The fraction of sp³-hybridized carbons (Fsp3) is 0.304. The van der Waals surface area contributed by atoms with E-state index in [0.717, 1.165) is 6.07 Å². The van der Waals surface area contributed by atoms with E-state index in [9.17, 15) is 23.9 Å². The molecule has 0 radical (unpaired) electrons. The number of rotatable bonds is 5.